The molecule has 1 unspecified atom stereocenters. The second kappa shape index (κ2) is 6.55. The lowest BCUT2D eigenvalue weighted by Gasteiger charge is -2.34. The molecule has 0 aromatic heterocycles. The Balaban J connectivity index is 1.87. The number of carboxylic acids is 1. The van der Waals surface area contributed by atoms with Gasteiger partial charge in [-0.2, -0.15) is 0 Å². The minimum Gasteiger partial charge on any atom is -0.481 e. The Morgan fingerprint density at radius 2 is 2.06 bits per heavy atom. The molecule has 1 heterocycles. The van der Waals surface area contributed by atoms with E-state index in [-0.39, 0.29) is 12.5 Å². The van der Waals surface area contributed by atoms with Gasteiger partial charge in [-0.05, 0) is 31.4 Å². The van der Waals surface area contributed by atoms with Crippen LogP contribution < -0.4 is 0 Å². The van der Waals surface area contributed by atoms with Crippen molar-refractivity contribution >= 4 is 5.97 Å². The van der Waals surface area contributed by atoms with E-state index in [1.54, 1.807) is 0 Å². The molecule has 0 radical (unpaired) electrons. The molecule has 1 atom stereocenters. The number of carbonyl (C=O) groups is 1. The van der Waals surface area contributed by atoms with Crippen molar-refractivity contribution < 1.29 is 9.90 Å². The molecule has 0 saturated carbocycles. The highest BCUT2D eigenvalue weighted by atomic mass is 16.4. The number of piperidine rings is 1. The Morgan fingerprint density at radius 1 is 1.28 bits per heavy atom. The Labute approximate surface area is 108 Å². The van der Waals surface area contributed by atoms with Crippen LogP contribution in [0.5, 0.6) is 0 Å². The van der Waals surface area contributed by atoms with Crippen molar-refractivity contribution in [1.82, 2.24) is 4.90 Å². The molecule has 18 heavy (non-hydrogen) atoms. The lowest BCUT2D eigenvalue weighted by Crippen LogP contribution is -2.41. The number of aliphatic carboxylic acids is 1. The number of rotatable bonds is 5. The molecule has 3 heteroatoms. The zero-order valence-electron chi connectivity index (χ0n) is 10.7. The van der Waals surface area contributed by atoms with Gasteiger partial charge in [0.15, 0.2) is 0 Å². The SMILES string of the molecule is O=C(O)CC1CCCCN1CCc1ccccc1. The second-order valence-corrected chi connectivity index (χ2v) is 5.02. The molecule has 0 amide bonds. The molecule has 2 rings (SSSR count). The number of hydrogen-bond donors (Lipinski definition) is 1. The van der Waals surface area contributed by atoms with Crippen LogP contribution in [0.4, 0.5) is 0 Å². The molecule has 1 aromatic carbocycles. The molecule has 0 bridgehead atoms. The fraction of sp³-hybridized carbons (Fsp3) is 0.533. The summed E-state index contributed by atoms with van der Waals surface area (Å²) >= 11 is 0. The van der Waals surface area contributed by atoms with E-state index in [2.05, 4.69) is 29.2 Å². The summed E-state index contributed by atoms with van der Waals surface area (Å²) < 4.78 is 0. The normalized spacial score (nSPS) is 20.8. The smallest absolute Gasteiger partial charge is 0.304 e. The molecule has 1 fully saturated rings. The molecule has 1 saturated heterocycles. The van der Waals surface area contributed by atoms with E-state index in [0.29, 0.717) is 0 Å². The largest absolute Gasteiger partial charge is 0.481 e. The van der Waals surface area contributed by atoms with Crippen molar-refractivity contribution in [1.29, 1.82) is 0 Å². The van der Waals surface area contributed by atoms with Crippen molar-refractivity contribution in [2.45, 2.75) is 38.1 Å². The lowest BCUT2D eigenvalue weighted by molar-refractivity contribution is -0.138. The van der Waals surface area contributed by atoms with Crippen LogP contribution in [0, 0.1) is 0 Å². The van der Waals surface area contributed by atoms with Crippen molar-refractivity contribution in [2.24, 2.45) is 0 Å². The average Bonchev–Trinajstić information content (AvgIpc) is 2.38. The molecule has 0 spiro atoms. The first-order chi connectivity index (χ1) is 8.75. The highest BCUT2D eigenvalue weighted by molar-refractivity contribution is 5.67. The quantitative estimate of drug-likeness (QED) is 0.869. The number of hydrogen-bond acceptors (Lipinski definition) is 2. The number of carboxylic acid groups (broad SMARTS) is 1. The van der Waals surface area contributed by atoms with E-state index in [4.69, 9.17) is 5.11 Å². The second-order valence-electron chi connectivity index (χ2n) is 5.02. The molecular formula is C15H21NO2. The van der Waals surface area contributed by atoms with Gasteiger partial charge < -0.3 is 5.11 Å². The van der Waals surface area contributed by atoms with E-state index >= 15 is 0 Å². The van der Waals surface area contributed by atoms with Crippen LogP contribution >= 0.6 is 0 Å². The molecule has 3 nitrogen and oxygen atoms in total. The maximum atomic E-state index is 10.9. The molecule has 1 aromatic rings. The number of nitrogens with zero attached hydrogens (tertiary/aromatic N) is 1. The predicted molar refractivity (Wildman–Crippen MR) is 71.6 cm³/mol. The summed E-state index contributed by atoms with van der Waals surface area (Å²) in [6.07, 6.45) is 4.69. The van der Waals surface area contributed by atoms with E-state index in [0.717, 1.165) is 25.9 Å². The monoisotopic (exact) mass is 247 g/mol. The highest BCUT2D eigenvalue weighted by Gasteiger charge is 2.23. The van der Waals surface area contributed by atoms with Crippen molar-refractivity contribution in [3.05, 3.63) is 35.9 Å². The topological polar surface area (TPSA) is 40.5 Å². The van der Waals surface area contributed by atoms with Gasteiger partial charge >= 0.3 is 5.97 Å². The minimum absolute atomic E-state index is 0.236. The third kappa shape index (κ3) is 3.84. The van der Waals surface area contributed by atoms with E-state index in [9.17, 15) is 4.79 Å². The van der Waals surface area contributed by atoms with Gasteiger partial charge in [-0.15, -0.1) is 0 Å². The van der Waals surface area contributed by atoms with Crippen molar-refractivity contribution in [3.8, 4) is 0 Å². The van der Waals surface area contributed by atoms with Crippen LogP contribution in [-0.4, -0.2) is 35.1 Å². The summed E-state index contributed by atoms with van der Waals surface area (Å²) in [5, 5.41) is 8.94. The third-order valence-electron chi connectivity index (χ3n) is 3.69. The maximum absolute atomic E-state index is 10.9. The first-order valence-corrected chi connectivity index (χ1v) is 6.75. The van der Waals surface area contributed by atoms with Crippen molar-refractivity contribution in [2.75, 3.05) is 13.1 Å². The summed E-state index contributed by atoms with van der Waals surface area (Å²) in [6, 6.07) is 10.6. The zero-order valence-corrected chi connectivity index (χ0v) is 10.7. The molecule has 1 N–H and O–H groups in total. The molecule has 1 aliphatic heterocycles. The highest BCUT2D eigenvalue weighted by Crippen LogP contribution is 2.20. The van der Waals surface area contributed by atoms with Crippen LogP contribution in [0.3, 0.4) is 0 Å². The van der Waals surface area contributed by atoms with E-state index < -0.39 is 5.97 Å². The first kappa shape index (κ1) is 13.1. The third-order valence-corrected chi connectivity index (χ3v) is 3.69. The summed E-state index contributed by atoms with van der Waals surface area (Å²) in [6.45, 7) is 2.02. The van der Waals surface area contributed by atoms with Gasteiger partial charge in [-0.3, -0.25) is 9.69 Å². The number of benzene rings is 1. The maximum Gasteiger partial charge on any atom is 0.304 e. The summed E-state index contributed by atoms with van der Waals surface area (Å²) in [7, 11) is 0. The van der Waals surface area contributed by atoms with Gasteiger partial charge in [0.2, 0.25) is 0 Å². The van der Waals surface area contributed by atoms with E-state index in [1.165, 1.54) is 18.4 Å². The van der Waals surface area contributed by atoms with Gasteiger partial charge in [0, 0.05) is 12.6 Å². The molecule has 98 valence electrons. The standard InChI is InChI=1S/C15H21NO2/c17-15(18)12-14-8-4-5-10-16(14)11-9-13-6-2-1-3-7-13/h1-3,6-7,14H,4-5,8-12H2,(H,17,18). The molecular weight excluding hydrogens is 226 g/mol. The Morgan fingerprint density at radius 3 is 2.78 bits per heavy atom. The minimum atomic E-state index is -0.674. The number of likely N-dealkylation sites (tertiary alicyclic amines) is 1. The van der Waals surface area contributed by atoms with Crippen LogP contribution in [0.25, 0.3) is 0 Å². The summed E-state index contributed by atoms with van der Waals surface area (Å²) in [5.74, 6) is -0.674. The van der Waals surface area contributed by atoms with E-state index in [1.807, 2.05) is 6.07 Å². The molecule has 1 aliphatic rings. The van der Waals surface area contributed by atoms with Gasteiger partial charge in [-0.25, -0.2) is 0 Å². The summed E-state index contributed by atoms with van der Waals surface area (Å²) in [4.78, 5) is 13.2. The van der Waals surface area contributed by atoms with Crippen LogP contribution in [-0.2, 0) is 11.2 Å². The van der Waals surface area contributed by atoms with Crippen molar-refractivity contribution in [3.63, 3.8) is 0 Å². The Bertz CT molecular complexity index is 377. The predicted octanol–water partition coefficient (Wildman–Crippen LogP) is 2.56. The Hall–Kier alpha value is -1.35. The van der Waals surface area contributed by atoms with Gasteiger partial charge in [0.25, 0.3) is 0 Å². The fourth-order valence-corrected chi connectivity index (χ4v) is 2.70. The lowest BCUT2D eigenvalue weighted by atomic mass is 9.98. The fourth-order valence-electron chi connectivity index (χ4n) is 2.70. The van der Waals surface area contributed by atoms with Crippen LogP contribution in [0.1, 0.15) is 31.2 Å². The Kier molecular flexibility index (Phi) is 4.76. The van der Waals surface area contributed by atoms with Gasteiger partial charge in [0.1, 0.15) is 0 Å². The van der Waals surface area contributed by atoms with Crippen LogP contribution in [0.15, 0.2) is 30.3 Å². The zero-order chi connectivity index (χ0) is 12.8. The van der Waals surface area contributed by atoms with Gasteiger partial charge in [-0.1, -0.05) is 36.8 Å². The summed E-state index contributed by atoms with van der Waals surface area (Å²) in [5.41, 5.74) is 1.33. The first-order valence-electron chi connectivity index (χ1n) is 6.75. The van der Waals surface area contributed by atoms with Gasteiger partial charge in [0.05, 0.1) is 6.42 Å². The van der Waals surface area contributed by atoms with Crippen LogP contribution in [0.2, 0.25) is 0 Å². The average molecular weight is 247 g/mol. The molecule has 0 aliphatic carbocycles.